The van der Waals surface area contributed by atoms with Gasteiger partial charge in [-0.15, -0.1) is 0 Å². The molecule has 1 aromatic carbocycles. The molecule has 2 aromatic heterocycles. The largest absolute Gasteiger partial charge is 0.338 e. The van der Waals surface area contributed by atoms with Crippen molar-refractivity contribution in [3.8, 4) is 11.4 Å². The third-order valence-corrected chi connectivity index (χ3v) is 4.25. The Hall–Kier alpha value is -2.21. The number of rotatable bonds is 2. The number of aromatic amines is 1. The van der Waals surface area contributed by atoms with Crippen molar-refractivity contribution in [2.75, 3.05) is 6.26 Å². The fraction of sp³-hybridized carbons (Fsp3) is 0.143. The summed E-state index contributed by atoms with van der Waals surface area (Å²) in [5, 5.41) is 0. The zero-order valence-electron chi connectivity index (χ0n) is 11.1. The van der Waals surface area contributed by atoms with Crippen LogP contribution in [0, 0.1) is 6.92 Å². The molecule has 0 bridgehead atoms. The number of sulfone groups is 1. The van der Waals surface area contributed by atoms with Crippen LogP contribution in [0.15, 0.2) is 41.4 Å². The van der Waals surface area contributed by atoms with Gasteiger partial charge in [0.05, 0.1) is 15.9 Å². The highest BCUT2D eigenvalue weighted by Gasteiger charge is 2.12. The summed E-state index contributed by atoms with van der Waals surface area (Å²) in [6.45, 7) is 1.91. The van der Waals surface area contributed by atoms with Crippen LogP contribution in [0.2, 0.25) is 0 Å². The van der Waals surface area contributed by atoms with Crippen molar-refractivity contribution in [3.05, 3.63) is 42.2 Å². The first-order valence-corrected chi connectivity index (χ1v) is 7.96. The van der Waals surface area contributed by atoms with Gasteiger partial charge in [-0.1, -0.05) is 0 Å². The molecule has 3 rings (SSSR count). The normalized spacial score (nSPS) is 11.9. The summed E-state index contributed by atoms with van der Waals surface area (Å²) in [6.07, 6.45) is 2.92. The van der Waals surface area contributed by atoms with Crippen LogP contribution in [0.5, 0.6) is 0 Å². The number of hydrogen-bond acceptors (Lipinski definition) is 4. The van der Waals surface area contributed by atoms with Crippen LogP contribution >= 0.6 is 0 Å². The fourth-order valence-electron chi connectivity index (χ4n) is 2.08. The molecule has 3 aromatic rings. The van der Waals surface area contributed by atoms with Crippen LogP contribution in [-0.4, -0.2) is 29.6 Å². The Morgan fingerprint density at radius 1 is 1.20 bits per heavy atom. The highest BCUT2D eigenvalue weighted by Crippen LogP contribution is 2.23. The van der Waals surface area contributed by atoms with Gasteiger partial charge in [0, 0.05) is 23.7 Å². The highest BCUT2D eigenvalue weighted by atomic mass is 32.2. The van der Waals surface area contributed by atoms with E-state index in [0.717, 1.165) is 16.8 Å². The highest BCUT2D eigenvalue weighted by molar-refractivity contribution is 7.90. The lowest BCUT2D eigenvalue weighted by atomic mass is 10.2. The first kappa shape index (κ1) is 12.8. The quantitative estimate of drug-likeness (QED) is 0.785. The number of aromatic nitrogens is 3. The molecular weight excluding hydrogens is 274 g/mol. The van der Waals surface area contributed by atoms with Crippen LogP contribution in [-0.2, 0) is 9.84 Å². The van der Waals surface area contributed by atoms with E-state index in [1.807, 2.05) is 19.1 Å². The summed E-state index contributed by atoms with van der Waals surface area (Å²) in [4.78, 5) is 12.1. The van der Waals surface area contributed by atoms with Gasteiger partial charge in [-0.05, 0) is 37.3 Å². The lowest BCUT2D eigenvalue weighted by molar-refractivity contribution is 0.602. The SMILES string of the molecule is Cc1ncccc1-c1nc2ccc(S(C)(=O)=O)cc2[nH]1. The molecule has 0 aliphatic heterocycles. The van der Waals surface area contributed by atoms with Gasteiger partial charge in [-0.3, -0.25) is 4.98 Å². The maximum absolute atomic E-state index is 11.6. The van der Waals surface area contributed by atoms with E-state index in [1.54, 1.807) is 24.4 Å². The van der Waals surface area contributed by atoms with Crippen LogP contribution in [0.25, 0.3) is 22.4 Å². The second-order valence-corrected chi connectivity index (χ2v) is 6.69. The number of aryl methyl sites for hydroxylation is 1. The van der Waals surface area contributed by atoms with E-state index in [2.05, 4.69) is 15.0 Å². The second-order valence-electron chi connectivity index (χ2n) is 4.67. The average Bonchev–Trinajstić information content (AvgIpc) is 2.80. The van der Waals surface area contributed by atoms with Crippen molar-refractivity contribution in [1.29, 1.82) is 0 Å². The van der Waals surface area contributed by atoms with Crippen molar-refractivity contribution >= 4 is 20.9 Å². The number of nitrogens with zero attached hydrogens (tertiary/aromatic N) is 2. The first-order valence-electron chi connectivity index (χ1n) is 6.07. The molecule has 0 spiro atoms. The first-order chi connectivity index (χ1) is 9.45. The van der Waals surface area contributed by atoms with Crippen molar-refractivity contribution in [2.24, 2.45) is 0 Å². The molecule has 0 unspecified atom stereocenters. The Morgan fingerprint density at radius 3 is 2.70 bits per heavy atom. The molecule has 0 atom stereocenters. The average molecular weight is 287 g/mol. The number of imidazole rings is 1. The van der Waals surface area contributed by atoms with Gasteiger partial charge in [0.25, 0.3) is 0 Å². The second kappa shape index (κ2) is 4.42. The molecule has 0 saturated carbocycles. The third kappa shape index (κ3) is 2.18. The van der Waals surface area contributed by atoms with Gasteiger partial charge in [0.1, 0.15) is 5.82 Å². The standard InChI is InChI=1S/C14H13N3O2S/c1-9-11(4-3-7-15-9)14-16-12-6-5-10(20(2,18)19)8-13(12)17-14/h3-8H,1-2H3,(H,16,17). The summed E-state index contributed by atoms with van der Waals surface area (Å²) in [6, 6.07) is 8.65. The van der Waals surface area contributed by atoms with Crippen LogP contribution < -0.4 is 0 Å². The molecule has 0 saturated heterocycles. The van der Waals surface area contributed by atoms with Crippen LogP contribution in [0.4, 0.5) is 0 Å². The van der Waals surface area contributed by atoms with E-state index in [9.17, 15) is 8.42 Å². The van der Waals surface area contributed by atoms with Gasteiger partial charge in [-0.2, -0.15) is 0 Å². The number of hydrogen-bond donors (Lipinski definition) is 1. The minimum Gasteiger partial charge on any atom is -0.338 e. The van der Waals surface area contributed by atoms with Crippen molar-refractivity contribution in [1.82, 2.24) is 15.0 Å². The van der Waals surface area contributed by atoms with Gasteiger partial charge in [-0.25, -0.2) is 13.4 Å². The molecule has 0 radical (unpaired) electrons. The van der Waals surface area contributed by atoms with Gasteiger partial charge < -0.3 is 4.98 Å². The fourth-order valence-corrected chi connectivity index (χ4v) is 2.73. The summed E-state index contributed by atoms with van der Waals surface area (Å²) < 4.78 is 23.1. The van der Waals surface area contributed by atoms with E-state index >= 15 is 0 Å². The Morgan fingerprint density at radius 2 is 2.00 bits per heavy atom. The van der Waals surface area contributed by atoms with Crippen LogP contribution in [0.1, 0.15) is 5.69 Å². The van der Waals surface area contributed by atoms with E-state index in [0.29, 0.717) is 11.3 Å². The van der Waals surface area contributed by atoms with Crippen molar-refractivity contribution in [2.45, 2.75) is 11.8 Å². The predicted molar refractivity (Wildman–Crippen MR) is 77.2 cm³/mol. The minimum absolute atomic E-state index is 0.281. The summed E-state index contributed by atoms with van der Waals surface area (Å²) in [5.74, 6) is 0.691. The number of fused-ring (bicyclic) bond motifs is 1. The lowest BCUT2D eigenvalue weighted by Gasteiger charge is -1.99. The molecule has 0 amide bonds. The molecule has 0 aliphatic carbocycles. The molecule has 0 fully saturated rings. The van der Waals surface area contributed by atoms with Crippen molar-refractivity contribution < 1.29 is 8.42 Å². The van der Waals surface area contributed by atoms with E-state index < -0.39 is 9.84 Å². The summed E-state index contributed by atoms with van der Waals surface area (Å²) in [7, 11) is -3.22. The third-order valence-electron chi connectivity index (χ3n) is 3.14. The Labute approximate surface area is 116 Å². The Balaban J connectivity index is 2.19. The molecular formula is C14H13N3O2S. The van der Waals surface area contributed by atoms with Gasteiger partial charge in [0.15, 0.2) is 9.84 Å². The van der Waals surface area contributed by atoms with Gasteiger partial charge in [0.2, 0.25) is 0 Å². The molecule has 1 N–H and O–H groups in total. The number of nitrogens with one attached hydrogen (secondary N) is 1. The number of H-pyrrole nitrogens is 1. The molecule has 6 heteroatoms. The molecule has 2 heterocycles. The predicted octanol–water partition coefficient (Wildman–Crippen LogP) is 2.34. The van der Waals surface area contributed by atoms with E-state index in [4.69, 9.17) is 0 Å². The summed E-state index contributed by atoms with van der Waals surface area (Å²) in [5.41, 5.74) is 3.21. The maximum atomic E-state index is 11.6. The topological polar surface area (TPSA) is 75.7 Å². The number of pyridine rings is 1. The summed E-state index contributed by atoms with van der Waals surface area (Å²) >= 11 is 0. The van der Waals surface area contributed by atoms with E-state index in [-0.39, 0.29) is 4.90 Å². The zero-order valence-corrected chi connectivity index (χ0v) is 11.9. The van der Waals surface area contributed by atoms with Gasteiger partial charge >= 0.3 is 0 Å². The molecule has 102 valence electrons. The monoisotopic (exact) mass is 287 g/mol. The Bertz CT molecular complexity index is 898. The van der Waals surface area contributed by atoms with Crippen LogP contribution in [0.3, 0.4) is 0 Å². The molecule has 20 heavy (non-hydrogen) atoms. The van der Waals surface area contributed by atoms with Crippen molar-refractivity contribution in [3.63, 3.8) is 0 Å². The maximum Gasteiger partial charge on any atom is 0.175 e. The number of benzene rings is 1. The molecule has 5 nitrogen and oxygen atoms in total. The Kier molecular flexibility index (Phi) is 2.83. The smallest absolute Gasteiger partial charge is 0.175 e. The zero-order chi connectivity index (χ0) is 14.3. The minimum atomic E-state index is -3.22. The van der Waals surface area contributed by atoms with E-state index in [1.165, 1.54) is 6.26 Å². The lowest BCUT2D eigenvalue weighted by Crippen LogP contribution is -1.96. The molecule has 0 aliphatic rings.